The van der Waals surface area contributed by atoms with Gasteiger partial charge in [-0.15, -0.1) is 4.57 Å². The van der Waals surface area contributed by atoms with Crippen molar-refractivity contribution < 1.29 is 40.3 Å². The minimum Gasteiger partial charge on any atom is -0.508 e. The summed E-state index contributed by atoms with van der Waals surface area (Å²) >= 11 is 5.95. The summed E-state index contributed by atoms with van der Waals surface area (Å²) in [5.41, 5.74) is 1.04. The molecule has 0 saturated carbocycles. The second-order valence-electron chi connectivity index (χ2n) is 7.57. The van der Waals surface area contributed by atoms with Gasteiger partial charge >= 0.3 is 5.71 Å². The number of sulfonamides is 1. The summed E-state index contributed by atoms with van der Waals surface area (Å²) < 4.78 is 64.8. The number of nitrogens with one attached hydrogen (secondary N) is 1. The number of anilines is 1. The normalized spacial score (nSPS) is 15.2. The van der Waals surface area contributed by atoms with Gasteiger partial charge in [-0.25, -0.2) is 13.1 Å². The Balaban J connectivity index is 1.73. The fourth-order valence-electron chi connectivity index (χ4n) is 3.44. The Morgan fingerprint density at radius 3 is 2.71 bits per heavy atom. The molecule has 3 heterocycles. The van der Waals surface area contributed by atoms with Crippen molar-refractivity contribution in [2.24, 2.45) is 0 Å². The first-order valence-corrected chi connectivity index (χ1v) is 15.8. The van der Waals surface area contributed by atoms with Gasteiger partial charge in [0.2, 0.25) is 16.6 Å². The highest BCUT2D eigenvalue weighted by atomic mass is 79.9. The van der Waals surface area contributed by atoms with Gasteiger partial charge in [0.15, 0.2) is 9.37 Å². The molecule has 1 aromatic carbocycles. The first kappa shape index (κ1) is 26.0. The highest BCUT2D eigenvalue weighted by Crippen LogP contribution is 2.48. The molecule has 0 unspecified atom stereocenters. The van der Waals surface area contributed by atoms with E-state index >= 15 is 0 Å². The Kier molecular flexibility index (Phi) is 7.23. The van der Waals surface area contributed by atoms with Crippen LogP contribution in [-0.2, 0) is 31.5 Å². The monoisotopic (exact) mass is 624 g/mol. The molecule has 35 heavy (non-hydrogen) atoms. The predicted molar refractivity (Wildman–Crippen MR) is 135 cm³/mol. The maximum absolute atomic E-state index is 12.4. The number of nitrogens with zero attached hydrogens (tertiary/aromatic N) is 2. The summed E-state index contributed by atoms with van der Waals surface area (Å²) in [5.74, 6) is -1.14. The number of phenols is 1. The predicted octanol–water partition coefficient (Wildman–Crippen LogP) is 2.51. The molecule has 2 aromatic heterocycles. The van der Waals surface area contributed by atoms with E-state index in [4.69, 9.17) is 8.97 Å². The first-order chi connectivity index (χ1) is 16.3. The molecule has 0 aliphatic carbocycles. The molecule has 3 N–H and O–H groups in total. The van der Waals surface area contributed by atoms with Gasteiger partial charge in [-0.1, -0.05) is 23.1 Å². The number of phenolic OH excluding ortho intramolecular Hbond substituents is 1. The molecule has 1 aliphatic rings. The molecular weight excluding hydrogens is 606 g/mol. The molecule has 1 amide bonds. The zero-order chi connectivity index (χ0) is 25.5. The lowest BCUT2D eigenvalue weighted by Gasteiger charge is -2.20. The summed E-state index contributed by atoms with van der Waals surface area (Å²) in [5, 5.41) is 11.2. The van der Waals surface area contributed by atoms with E-state index < -0.39 is 31.8 Å². The molecule has 0 saturated heterocycles. The number of carbonyl (C=O) groups is 1. The van der Waals surface area contributed by atoms with Crippen LogP contribution in [-0.4, -0.2) is 51.0 Å². The van der Waals surface area contributed by atoms with Gasteiger partial charge in [0, 0.05) is 23.6 Å². The first-order valence-electron chi connectivity index (χ1n) is 9.86. The summed E-state index contributed by atoms with van der Waals surface area (Å²) in [6, 6.07) is 6.56. The molecule has 3 aromatic rings. The Labute approximate surface area is 217 Å². The lowest BCUT2D eigenvalue weighted by Crippen LogP contribution is -2.45. The second kappa shape index (κ2) is 9.74. The van der Waals surface area contributed by atoms with Crippen molar-refractivity contribution >= 4 is 87.3 Å². The highest BCUT2D eigenvalue weighted by Gasteiger charge is 2.31. The smallest absolute Gasteiger partial charge is 0.393 e. The van der Waals surface area contributed by atoms with Crippen LogP contribution in [0.25, 0.3) is 16.5 Å². The van der Waals surface area contributed by atoms with Crippen LogP contribution >= 0.6 is 39.0 Å². The number of thioether (sulfide) groups is 1. The maximum atomic E-state index is 12.4. The number of hydrogen-bond acceptors (Lipinski definition) is 10. The Bertz CT molecular complexity index is 1560. The third-order valence-electron chi connectivity index (χ3n) is 4.72. The molecule has 16 heteroatoms. The van der Waals surface area contributed by atoms with Gasteiger partial charge in [0.1, 0.15) is 5.75 Å². The van der Waals surface area contributed by atoms with E-state index in [9.17, 15) is 26.7 Å². The van der Waals surface area contributed by atoms with E-state index in [1.807, 2.05) is 9.62 Å². The van der Waals surface area contributed by atoms with Crippen LogP contribution in [0, 0.1) is 0 Å². The van der Waals surface area contributed by atoms with Crippen molar-refractivity contribution in [3.8, 4) is 5.75 Å². The van der Waals surface area contributed by atoms with Crippen molar-refractivity contribution in [3.63, 3.8) is 0 Å². The summed E-state index contributed by atoms with van der Waals surface area (Å²) in [6.45, 7) is -0.0933. The Morgan fingerprint density at radius 1 is 1.29 bits per heavy atom. The van der Waals surface area contributed by atoms with E-state index in [2.05, 4.69) is 15.9 Å². The van der Waals surface area contributed by atoms with Crippen molar-refractivity contribution in [1.29, 1.82) is 0 Å². The van der Waals surface area contributed by atoms with Crippen molar-refractivity contribution in [2.75, 3.05) is 23.5 Å². The average molecular weight is 626 g/mol. The molecule has 0 fully saturated rings. The van der Waals surface area contributed by atoms with E-state index in [-0.39, 0.29) is 25.3 Å². The fraction of sp³-hybridized carbons (Fsp3) is 0.263. The summed E-state index contributed by atoms with van der Waals surface area (Å²) in [4.78, 5) is 15.0. The third kappa shape index (κ3) is 6.37. The van der Waals surface area contributed by atoms with Crippen LogP contribution in [0.15, 0.2) is 43.3 Å². The number of rotatable bonds is 8. The van der Waals surface area contributed by atoms with Crippen LogP contribution in [0.1, 0.15) is 11.4 Å². The molecule has 0 atom stereocenters. The van der Waals surface area contributed by atoms with E-state index in [0.717, 1.165) is 11.2 Å². The Morgan fingerprint density at radius 2 is 2.03 bits per heavy atom. The van der Waals surface area contributed by atoms with Gasteiger partial charge < -0.3 is 14.4 Å². The quantitative estimate of drug-likeness (QED) is 0.251. The number of aromatic nitrogens is 1. The third-order valence-corrected chi connectivity index (χ3v) is 8.69. The molecule has 4 rings (SSSR count). The minimum atomic E-state index is -4.14. The average Bonchev–Trinajstić information content (AvgIpc) is 3.32. The fourth-order valence-corrected chi connectivity index (χ4v) is 7.19. The molecule has 1 aliphatic heterocycles. The zero-order valence-corrected chi connectivity index (χ0v) is 22.8. The van der Waals surface area contributed by atoms with Crippen LogP contribution in [0.5, 0.6) is 5.75 Å². The van der Waals surface area contributed by atoms with Crippen molar-refractivity contribution in [3.05, 3.63) is 39.0 Å². The van der Waals surface area contributed by atoms with Crippen LogP contribution in [0.4, 0.5) is 5.69 Å². The molecular formula is C19H19BrN3O8S4+. The summed E-state index contributed by atoms with van der Waals surface area (Å²) in [7, 11) is -7.89. The molecule has 0 spiro atoms. The number of aromatic hydroxyl groups is 1. The lowest BCUT2D eigenvalue weighted by atomic mass is 10.2. The molecule has 0 radical (unpaired) electrons. The van der Waals surface area contributed by atoms with Crippen LogP contribution in [0.2, 0.25) is 0 Å². The molecule has 188 valence electrons. The van der Waals surface area contributed by atoms with Crippen molar-refractivity contribution in [2.45, 2.75) is 17.9 Å². The van der Waals surface area contributed by atoms with Gasteiger partial charge in [-0.05, 0) is 34.5 Å². The maximum Gasteiger partial charge on any atom is 0.393 e. The number of amides is 1. The topological polar surface area (TPSA) is 158 Å². The van der Waals surface area contributed by atoms with Gasteiger partial charge in [0.05, 0.1) is 28.8 Å². The van der Waals surface area contributed by atoms with Gasteiger partial charge in [0.25, 0.3) is 21.0 Å². The number of thiazole rings is 1. The zero-order valence-electron chi connectivity index (χ0n) is 18.0. The van der Waals surface area contributed by atoms with E-state index in [0.29, 0.717) is 30.8 Å². The lowest BCUT2D eigenvalue weighted by molar-refractivity contribution is -0.662. The van der Waals surface area contributed by atoms with E-state index in [1.54, 1.807) is 24.3 Å². The number of carbonyl (C=O) groups excluding carboxylic acids is 1. The summed E-state index contributed by atoms with van der Waals surface area (Å²) in [6.07, 6.45) is 2.79. The van der Waals surface area contributed by atoms with Crippen LogP contribution < -0.4 is 14.2 Å². The number of furan rings is 1. The van der Waals surface area contributed by atoms with Gasteiger partial charge in [-0.2, -0.15) is 8.42 Å². The minimum absolute atomic E-state index is 0.0383. The molecule has 0 bridgehead atoms. The largest absolute Gasteiger partial charge is 0.508 e. The molecule has 11 nitrogen and oxygen atoms in total. The van der Waals surface area contributed by atoms with Crippen LogP contribution in [0.3, 0.4) is 0 Å². The van der Waals surface area contributed by atoms with Gasteiger partial charge in [-0.3, -0.25) is 9.35 Å². The number of hydrogen-bond donors (Lipinski definition) is 3. The highest BCUT2D eigenvalue weighted by molar-refractivity contribution is 9.10. The standard InChI is InChI=1S/C19H18BrN3O8S4/c1-34(26,27)21-16(25)10-23-18(33-14-8-15(20)31-19(14)23)9-17-22(5-2-6-35(28,29)30)12-7-11(24)3-4-13(12)32-17/h3-4,7-9H,2,5-6,10H2,1H3,(H2-,21,24,25,28,29,30)/p+1. The number of fused-ring (bicyclic) bond motifs is 2. The Hall–Kier alpha value is -2.11. The van der Waals surface area contributed by atoms with E-state index in [1.165, 1.54) is 33.7 Å². The second-order valence-corrected chi connectivity index (χ2v) is 13.8. The number of halogens is 1. The SMILES string of the molecule is CS(=O)(=O)NC(=O)C[n+]1c(C=C2Sc3ccc(O)cc3N2CCCS(=O)(=O)O)sc2cc(Br)oc21. The number of benzene rings is 1. The van der Waals surface area contributed by atoms with Crippen molar-refractivity contribution in [1.82, 2.24) is 4.72 Å².